The Morgan fingerprint density at radius 1 is 0.812 bits per heavy atom. The van der Waals surface area contributed by atoms with Crippen LogP contribution in [-0.4, -0.2) is 53.7 Å². The zero-order valence-electron chi connectivity index (χ0n) is 30.3. The number of aliphatic hydroxyl groups is 1. The molecule has 268 valence electrons. The Hall–Kier alpha value is -2.78. The summed E-state index contributed by atoms with van der Waals surface area (Å²) in [7, 11) is 0. The van der Waals surface area contributed by atoms with Crippen LogP contribution in [0, 0.1) is 5.92 Å². The summed E-state index contributed by atoms with van der Waals surface area (Å²) in [6.45, 7) is 12.6. The van der Waals surface area contributed by atoms with Crippen LogP contribution in [0.2, 0.25) is 0 Å². The van der Waals surface area contributed by atoms with Crippen molar-refractivity contribution < 1.29 is 28.9 Å². The van der Waals surface area contributed by atoms with Crippen molar-refractivity contribution in [2.45, 2.75) is 143 Å². The monoisotopic (exact) mass is 666 g/mol. The molecule has 2 N–H and O–H groups in total. The van der Waals surface area contributed by atoms with Crippen molar-refractivity contribution >= 4 is 17.6 Å². The Bertz CT molecular complexity index is 1170. The second-order valence-corrected chi connectivity index (χ2v) is 13.5. The maximum atomic E-state index is 12.5. The normalized spacial score (nSPS) is 20.1. The summed E-state index contributed by atoms with van der Waals surface area (Å²) in [5.74, 6) is -0.778. The molecule has 1 heterocycles. The molecule has 8 heteroatoms. The Balaban J connectivity index is 1.77. The number of carbonyl (C=O) groups excluding carboxylic acids is 2. The van der Waals surface area contributed by atoms with Crippen molar-refractivity contribution in [2.75, 3.05) is 25.0 Å². The number of hydrogen-bond donors (Lipinski definition) is 2. The van der Waals surface area contributed by atoms with Gasteiger partial charge in [0.2, 0.25) is 0 Å². The lowest BCUT2D eigenvalue weighted by Crippen LogP contribution is -2.45. The number of hydrogen-bond acceptors (Lipinski definition) is 7. The van der Waals surface area contributed by atoms with E-state index in [9.17, 15) is 14.7 Å². The molecule has 2 aromatic rings. The van der Waals surface area contributed by atoms with Crippen LogP contribution >= 0.6 is 0 Å². The third-order valence-corrected chi connectivity index (χ3v) is 9.38. The number of esters is 1. The first-order chi connectivity index (χ1) is 23.2. The molecule has 1 amide bonds. The van der Waals surface area contributed by atoms with Crippen LogP contribution in [0.5, 0.6) is 0 Å². The minimum atomic E-state index is -0.886. The van der Waals surface area contributed by atoms with Gasteiger partial charge in [0, 0.05) is 30.6 Å². The number of ether oxygens (including phenoxy) is 3. The first kappa shape index (κ1) is 39.7. The summed E-state index contributed by atoms with van der Waals surface area (Å²) in [5.41, 5.74) is 3.41. The molecule has 5 atom stereocenters. The van der Waals surface area contributed by atoms with Crippen LogP contribution in [0.15, 0.2) is 48.5 Å². The number of unbranched alkanes of at least 4 members (excludes halogenated alkanes) is 10. The first-order valence-electron chi connectivity index (χ1n) is 18.6. The number of amides is 1. The molecule has 0 unspecified atom stereocenters. The molecule has 2 aromatic carbocycles. The summed E-state index contributed by atoms with van der Waals surface area (Å²) >= 11 is 0. The van der Waals surface area contributed by atoms with Crippen LogP contribution in [0.1, 0.15) is 141 Å². The maximum Gasteiger partial charge on any atom is 0.303 e. The highest BCUT2D eigenvalue weighted by molar-refractivity contribution is 5.94. The fraction of sp³-hybridized carbons (Fsp3) is 0.650. The van der Waals surface area contributed by atoms with Gasteiger partial charge in [-0.2, -0.15) is 0 Å². The van der Waals surface area contributed by atoms with E-state index in [1.165, 1.54) is 84.0 Å². The average molecular weight is 667 g/mol. The molecular weight excluding hydrogens is 604 g/mol. The average Bonchev–Trinajstić information content (AvgIpc) is 3.08. The standard InChI is InChI=1S/C40H62N2O6/c1-6-8-10-12-14-16-26-42(27-17-15-13-11-9-7-2)28-37-30(3)38(34-20-18-33(29-43)19-21-34)48-40(47-37)35-22-24-36(25-23-35)41-39(45)31(4)46-32(5)44/h18-25,30-31,37-38,40,43H,6-17,26-29H2,1-5H3,(H,41,45)/t30-,31+,37+,38+,40+/m1/s1. The van der Waals surface area contributed by atoms with Gasteiger partial charge in [0.1, 0.15) is 0 Å². The van der Waals surface area contributed by atoms with Gasteiger partial charge in [0.15, 0.2) is 12.4 Å². The molecular formula is C40H62N2O6. The lowest BCUT2D eigenvalue weighted by Gasteiger charge is -2.43. The van der Waals surface area contributed by atoms with Crippen molar-refractivity contribution in [1.82, 2.24) is 4.90 Å². The predicted molar refractivity (Wildman–Crippen MR) is 192 cm³/mol. The second-order valence-electron chi connectivity index (χ2n) is 13.5. The molecule has 0 aliphatic carbocycles. The third kappa shape index (κ3) is 13.6. The van der Waals surface area contributed by atoms with Gasteiger partial charge in [-0.3, -0.25) is 9.59 Å². The number of carbonyl (C=O) groups is 2. The molecule has 1 saturated heterocycles. The molecule has 48 heavy (non-hydrogen) atoms. The van der Waals surface area contributed by atoms with E-state index in [1.807, 2.05) is 36.4 Å². The molecule has 1 aliphatic heterocycles. The van der Waals surface area contributed by atoms with Crippen molar-refractivity contribution in [1.29, 1.82) is 0 Å². The van der Waals surface area contributed by atoms with Gasteiger partial charge in [-0.25, -0.2) is 0 Å². The van der Waals surface area contributed by atoms with E-state index in [0.717, 1.165) is 36.3 Å². The van der Waals surface area contributed by atoms with Gasteiger partial charge in [-0.15, -0.1) is 0 Å². The van der Waals surface area contributed by atoms with Gasteiger partial charge in [0.05, 0.1) is 18.8 Å². The number of aliphatic hydroxyl groups excluding tert-OH is 1. The highest BCUT2D eigenvalue weighted by atomic mass is 16.7. The van der Waals surface area contributed by atoms with Crippen LogP contribution in [0.3, 0.4) is 0 Å². The van der Waals surface area contributed by atoms with E-state index in [2.05, 4.69) is 43.1 Å². The van der Waals surface area contributed by atoms with Crippen molar-refractivity contribution in [3.63, 3.8) is 0 Å². The van der Waals surface area contributed by atoms with E-state index >= 15 is 0 Å². The molecule has 1 fully saturated rings. The summed E-state index contributed by atoms with van der Waals surface area (Å²) in [5, 5.41) is 12.4. The van der Waals surface area contributed by atoms with E-state index < -0.39 is 18.4 Å². The topological polar surface area (TPSA) is 97.3 Å². The molecule has 0 aromatic heterocycles. The molecule has 0 spiro atoms. The Morgan fingerprint density at radius 3 is 1.90 bits per heavy atom. The Labute approximate surface area is 289 Å². The van der Waals surface area contributed by atoms with Gasteiger partial charge < -0.3 is 29.5 Å². The largest absolute Gasteiger partial charge is 0.453 e. The molecule has 0 radical (unpaired) electrons. The number of anilines is 1. The quantitative estimate of drug-likeness (QED) is 0.0957. The van der Waals surface area contributed by atoms with E-state index in [1.54, 1.807) is 6.92 Å². The van der Waals surface area contributed by atoms with Crippen LogP contribution in [-0.2, 0) is 30.4 Å². The Morgan fingerprint density at radius 2 is 1.35 bits per heavy atom. The highest BCUT2D eigenvalue weighted by Crippen LogP contribution is 2.42. The van der Waals surface area contributed by atoms with Gasteiger partial charge >= 0.3 is 5.97 Å². The number of benzene rings is 2. The van der Waals surface area contributed by atoms with Crippen molar-refractivity contribution in [3.8, 4) is 0 Å². The summed E-state index contributed by atoms with van der Waals surface area (Å²) in [6, 6.07) is 15.5. The van der Waals surface area contributed by atoms with Gasteiger partial charge in [-0.1, -0.05) is 121 Å². The van der Waals surface area contributed by atoms with E-state index in [-0.39, 0.29) is 30.6 Å². The summed E-state index contributed by atoms with van der Waals surface area (Å²) < 4.78 is 18.5. The molecule has 0 saturated carbocycles. The smallest absolute Gasteiger partial charge is 0.303 e. The lowest BCUT2D eigenvalue weighted by molar-refractivity contribution is -0.276. The van der Waals surface area contributed by atoms with Gasteiger partial charge in [0.25, 0.3) is 5.91 Å². The predicted octanol–water partition coefficient (Wildman–Crippen LogP) is 8.88. The van der Waals surface area contributed by atoms with Crippen LogP contribution in [0.4, 0.5) is 5.69 Å². The zero-order valence-corrected chi connectivity index (χ0v) is 30.3. The zero-order chi connectivity index (χ0) is 34.7. The van der Waals surface area contributed by atoms with E-state index in [0.29, 0.717) is 5.69 Å². The lowest BCUT2D eigenvalue weighted by atomic mass is 9.90. The van der Waals surface area contributed by atoms with Gasteiger partial charge in [-0.05, 0) is 56.1 Å². The maximum absolute atomic E-state index is 12.5. The van der Waals surface area contributed by atoms with Crippen molar-refractivity contribution in [2.24, 2.45) is 5.92 Å². The third-order valence-electron chi connectivity index (χ3n) is 9.38. The first-order valence-corrected chi connectivity index (χ1v) is 18.6. The number of nitrogens with zero attached hydrogens (tertiary/aromatic N) is 1. The second kappa shape index (κ2) is 22.0. The highest BCUT2D eigenvalue weighted by Gasteiger charge is 2.39. The summed E-state index contributed by atoms with van der Waals surface area (Å²) in [6.07, 6.45) is 13.6. The molecule has 1 aliphatic rings. The summed E-state index contributed by atoms with van der Waals surface area (Å²) in [4.78, 5) is 26.4. The molecule has 0 bridgehead atoms. The molecule has 8 nitrogen and oxygen atoms in total. The Kier molecular flexibility index (Phi) is 18.2. The minimum Gasteiger partial charge on any atom is -0.453 e. The van der Waals surface area contributed by atoms with Crippen LogP contribution < -0.4 is 5.32 Å². The fourth-order valence-electron chi connectivity index (χ4n) is 6.38. The molecule has 3 rings (SSSR count). The number of rotatable bonds is 22. The minimum absolute atomic E-state index is 0.00408. The fourth-order valence-corrected chi connectivity index (χ4v) is 6.38. The van der Waals surface area contributed by atoms with Crippen molar-refractivity contribution in [3.05, 3.63) is 65.2 Å². The SMILES string of the molecule is CCCCCCCCN(CCCCCCCC)C[C@@H]1O[C@H](c2ccc(NC(=O)[C@H](C)OC(C)=O)cc2)O[C@H](c2ccc(CO)cc2)[C@@H]1C. The van der Waals surface area contributed by atoms with Crippen LogP contribution in [0.25, 0.3) is 0 Å². The number of nitrogens with one attached hydrogen (secondary N) is 1. The van der Waals surface area contributed by atoms with E-state index in [4.69, 9.17) is 14.2 Å².